The van der Waals surface area contributed by atoms with Crippen LogP contribution in [0.25, 0.3) is 6.08 Å². The van der Waals surface area contributed by atoms with Gasteiger partial charge in [0.1, 0.15) is 5.75 Å². The van der Waals surface area contributed by atoms with Crippen LogP contribution in [0.3, 0.4) is 0 Å². The maximum absolute atomic E-state index is 12.2. The van der Waals surface area contributed by atoms with E-state index in [0.717, 1.165) is 16.9 Å². The van der Waals surface area contributed by atoms with Gasteiger partial charge in [0.15, 0.2) is 0 Å². The molecule has 0 aliphatic carbocycles. The number of hydrogen-bond acceptors (Lipinski definition) is 4. The molecule has 0 unspecified atom stereocenters. The highest BCUT2D eigenvalue weighted by Gasteiger charge is 2.05. The van der Waals surface area contributed by atoms with Crippen LogP contribution in [0.15, 0.2) is 90.0 Å². The number of ether oxygens (including phenoxy) is 1. The van der Waals surface area contributed by atoms with Gasteiger partial charge >= 0.3 is 0 Å². The predicted octanol–water partition coefficient (Wildman–Crippen LogP) is 4.11. The van der Waals surface area contributed by atoms with Gasteiger partial charge in [-0.25, -0.2) is 5.43 Å². The van der Waals surface area contributed by atoms with E-state index in [-0.39, 0.29) is 11.8 Å². The molecular weight excluding hydrogens is 378 g/mol. The Labute approximate surface area is 174 Å². The van der Waals surface area contributed by atoms with E-state index in [4.69, 9.17) is 4.74 Å². The molecule has 0 saturated heterocycles. The van der Waals surface area contributed by atoms with Gasteiger partial charge < -0.3 is 10.1 Å². The minimum atomic E-state index is -0.346. The van der Waals surface area contributed by atoms with E-state index in [2.05, 4.69) is 15.8 Å². The number of nitrogens with one attached hydrogen (secondary N) is 2. The average Bonchev–Trinajstić information content (AvgIpc) is 2.79. The molecule has 3 aromatic carbocycles. The summed E-state index contributed by atoms with van der Waals surface area (Å²) in [6, 6.07) is 23.4. The first-order valence-electron chi connectivity index (χ1n) is 9.26. The van der Waals surface area contributed by atoms with Crippen LogP contribution in [-0.4, -0.2) is 25.1 Å². The van der Waals surface area contributed by atoms with Gasteiger partial charge in [0.2, 0.25) is 5.91 Å². The van der Waals surface area contributed by atoms with Crippen molar-refractivity contribution in [3.8, 4) is 5.75 Å². The smallest absolute Gasteiger partial charge is 0.271 e. The van der Waals surface area contributed by atoms with E-state index in [9.17, 15) is 9.59 Å². The number of carbonyl (C=O) groups is 2. The number of anilines is 1. The molecule has 0 atom stereocenters. The Hall–Kier alpha value is -4.19. The molecule has 0 heterocycles. The molecule has 0 fully saturated rings. The zero-order valence-corrected chi connectivity index (χ0v) is 16.4. The maximum atomic E-state index is 12.2. The Morgan fingerprint density at radius 1 is 0.867 bits per heavy atom. The maximum Gasteiger partial charge on any atom is 0.271 e. The molecule has 2 N–H and O–H groups in total. The molecule has 3 aromatic rings. The molecule has 0 bridgehead atoms. The lowest BCUT2D eigenvalue weighted by Gasteiger charge is -2.04. The van der Waals surface area contributed by atoms with Crippen molar-refractivity contribution in [3.05, 3.63) is 102 Å². The second-order valence-corrected chi connectivity index (χ2v) is 6.28. The summed E-state index contributed by atoms with van der Waals surface area (Å²) in [4.78, 5) is 24.2. The molecule has 6 nitrogen and oxygen atoms in total. The van der Waals surface area contributed by atoms with Crippen molar-refractivity contribution in [2.75, 3.05) is 12.4 Å². The minimum absolute atomic E-state index is 0.250. The second kappa shape index (κ2) is 10.4. The number of rotatable bonds is 7. The Balaban J connectivity index is 1.51. The zero-order chi connectivity index (χ0) is 21.2. The van der Waals surface area contributed by atoms with E-state index in [1.807, 2.05) is 54.6 Å². The number of methoxy groups -OCH3 is 1. The topological polar surface area (TPSA) is 79.8 Å². The van der Waals surface area contributed by atoms with Crippen LogP contribution in [0.2, 0.25) is 0 Å². The summed E-state index contributed by atoms with van der Waals surface area (Å²) in [5, 5.41) is 6.71. The molecule has 0 aliphatic heterocycles. The van der Waals surface area contributed by atoms with Crippen LogP contribution in [0.4, 0.5) is 5.69 Å². The van der Waals surface area contributed by atoms with Gasteiger partial charge in [-0.3, -0.25) is 9.59 Å². The van der Waals surface area contributed by atoms with Gasteiger partial charge in [0.05, 0.1) is 13.3 Å². The van der Waals surface area contributed by atoms with E-state index in [1.165, 1.54) is 6.08 Å². The van der Waals surface area contributed by atoms with E-state index in [1.54, 1.807) is 43.7 Å². The second-order valence-electron chi connectivity index (χ2n) is 6.28. The van der Waals surface area contributed by atoms with Crippen LogP contribution < -0.4 is 15.5 Å². The molecule has 3 rings (SSSR count). The first kappa shape index (κ1) is 20.5. The van der Waals surface area contributed by atoms with Crippen LogP contribution in [0, 0.1) is 0 Å². The summed E-state index contributed by atoms with van der Waals surface area (Å²) < 4.78 is 5.09. The number of nitrogens with zero attached hydrogens (tertiary/aromatic N) is 1. The summed E-state index contributed by atoms with van der Waals surface area (Å²) in [5.41, 5.74) is 5.27. The lowest BCUT2D eigenvalue weighted by Crippen LogP contribution is -2.17. The molecule has 0 spiro atoms. The molecule has 0 saturated carbocycles. The number of amides is 2. The summed E-state index contributed by atoms with van der Waals surface area (Å²) in [6.45, 7) is 0. The zero-order valence-electron chi connectivity index (χ0n) is 16.4. The SMILES string of the molecule is COc1ccc(/C=N\NC(=O)c2ccc(NC(=O)/C=C/c3ccccc3)cc2)cc1. The molecule has 0 aromatic heterocycles. The lowest BCUT2D eigenvalue weighted by atomic mass is 10.2. The van der Waals surface area contributed by atoms with Gasteiger partial charge in [0.25, 0.3) is 5.91 Å². The van der Waals surface area contributed by atoms with Crippen molar-refractivity contribution in [1.29, 1.82) is 0 Å². The van der Waals surface area contributed by atoms with E-state index < -0.39 is 0 Å². The number of benzene rings is 3. The van der Waals surface area contributed by atoms with Crippen molar-refractivity contribution in [2.45, 2.75) is 0 Å². The fourth-order valence-corrected chi connectivity index (χ4v) is 2.54. The largest absolute Gasteiger partial charge is 0.497 e. The van der Waals surface area contributed by atoms with Gasteiger partial charge in [-0.2, -0.15) is 5.10 Å². The Kier molecular flexibility index (Phi) is 7.11. The first-order chi connectivity index (χ1) is 14.6. The van der Waals surface area contributed by atoms with Crippen molar-refractivity contribution < 1.29 is 14.3 Å². The average molecular weight is 399 g/mol. The van der Waals surface area contributed by atoms with E-state index in [0.29, 0.717) is 11.3 Å². The Morgan fingerprint density at radius 3 is 2.23 bits per heavy atom. The molecule has 30 heavy (non-hydrogen) atoms. The number of hydrazone groups is 1. The highest BCUT2D eigenvalue weighted by Crippen LogP contribution is 2.11. The normalized spacial score (nSPS) is 10.8. The van der Waals surface area contributed by atoms with Gasteiger partial charge in [-0.05, 0) is 65.7 Å². The first-order valence-corrected chi connectivity index (χ1v) is 9.26. The van der Waals surface area contributed by atoms with Crippen LogP contribution in [-0.2, 0) is 4.79 Å². The van der Waals surface area contributed by atoms with Crippen molar-refractivity contribution in [1.82, 2.24) is 5.43 Å². The highest BCUT2D eigenvalue weighted by molar-refractivity contribution is 6.02. The van der Waals surface area contributed by atoms with Crippen molar-refractivity contribution in [2.24, 2.45) is 5.10 Å². The van der Waals surface area contributed by atoms with Crippen molar-refractivity contribution in [3.63, 3.8) is 0 Å². The van der Waals surface area contributed by atoms with Gasteiger partial charge in [0, 0.05) is 17.3 Å². The molecule has 150 valence electrons. The molecule has 0 aliphatic rings. The fourth-order valence-electron chi connectivity index (χ4n) is 2.54. The molecule has 6 heteroatoms. The Morgan fingerprint density at radius 2 is 1.57 bits per heavy atom. The third-order valence-electron chi connectivity index (χ3n) is 4.14. The van der Waals surface area contributed by atoms with Crippen LogP contribution in [0.5, 0.6) is 5.75 Å². The summed E-state index contributed by atoms with van der Waals surface area (Å²) in [6.07, 6.45) is 4.74. The highest BCUT2D eigenvalue weighted by atomic mass is 16.5. The fraction of sp³-hybridized carbons (Fsp3) is 0.0417. The Bertz CT molecular complexity index is 1040. The quantitative estimate of drug-likeness (QED) is 0.356. The molecule has 0 radical (unpaired) electrons. The lowest BCUT2D eigenvalue weighted by molar-refractivity contribution is -0.111. The van der Waals surface area contributed by atoms with Crippen molar-refractivity contribution >= 4 is 29.8 Å². The predicted molar refractivity (Wildman–Crippen MR) is 119 cm³/mol. The summed E-state index contributed by atoms with van der Waals surface area (Å²) in [5.74, 6) is 0.153. The molecule has 2 amide bonds. The third-order valence-corrected chi connectivity index (χ3v) is 4.14. The van der Waals surface area contributed by atoms with Crippen LogP contribution >= 0.6 is 0 Å². The van der Waals surface area contributed by atoms with Gasteiger partial charge in [-0.1, -0.05) is 30.3 Å². The summed E-state index contributed by atoms with van der Waals surface area (Å²) >= 11 is 0. The summed E-state index contributed by atoms with van der Waals surface area (Å²) in [7, 11) is 1.60. The molecular formula is C24H21N3O3. The number of carbonyl (C=O) groups excluding carboxylic acids is 2. The van der Waals surface area contributed by atoms with E-state index >= 15 is 0 Å². The standard InChI is InChI=1S/C24H21N3O3/c1-30-22-14-7-19(8-15-22)17-25-27-24(29)20-10-12-21(13-11-20)26-23(28)16-9-18-5-3-2-4-6-18/h2-17H,1H3,(H,26,28)(H,27,29)/b16-9+,25-17-. The monoisotopic (exact) mass is 399 g/mol. The number of hydrogen-bond donors (Lipinski definition) is 2. The minimum Gasteiger partial charge on any atom is -0.497 e. The van der Waals surface area contributed by atoms with Crippen LogP contribution in [0.1, 0.15) is 21.5 Å². The van der Waals surface area contributed by atoms with Gasteiger partial charge in [-0.15, -0.1) is 0 Å². The third kappa shape index (κ3) is 6.17.